The lowest BCUT2D eigenvalue weighted by Crippen LogP contribution is -2.45. The number of carbonyl (C=O) groups excluding carboxylic acids is 1. The zero-order chi connectivity index (χ0) is 23.8. The molecule has 8 heteroatoms. The quantitative estimate of drug-likeness (QED) is 0.454. The van der Waals surface area contributed by atoms with Crippen LogP contribution in [-0.2, 0) is 19.5 Å². The molecule has 178 valence electrons. The minimum Gasteiger partial charge on any atom is -0.497 e. The number of amides is 2. The van der Waals surface area contributed by atoms with Crippen LogP contribution in [0.5, 0.6) is 5.75 Å². The van der Waals surface area contributed by atoms with E-state index in [-0.39, 0.29) is 6.03 Å². The summed E-state index contributed by atoms with van der Waals surface area (Å²) in [6.45, 7) is 9.67. The molecule has 0 radical (unpaired) electrons. The Kier molecular flexibility index (Phi) is 7.83. The van der Waals surface area contributed by atoms with Gasteiger partial charge in [-0.25, -0.2) is 4.79 Å². The second-order valence-electron chi connectivity index (χ2n) is 8.47. The number of hydrogen-bond acceptors (Lipinski definition) is 5. The maximum Gasteiger partial charge on any atom is 0.319 e. The number of aromatic nitrogens is 2. The fourth-order valence-electron chi connectivity index (χ4n) is 4.00. The summed E-state index contributed by atoms with van der Waals surface area (Å²) in [6, 6.07) is 15.3. The van der Waals surface area contributed by atoms with Gasteiger partial charge in [0.2, 0.25) is 0 Å². The minimum absolute atomic E-state index is 0.235. The van der Waals surface area contributed by atoms with E-state index in [1.54, 1.807) is 7.11 Å². The number of methoxy groups -OCH3 is 1. The Morgan fingerprint density at radius 2 is 1.74 bits per heavy atom. The molecule has 1 aliphatic heterocycles. The predicted octanol–water partition coefficient (Wildman–Crippen LogP) is 3.61. The Labute approximate surface area is 200 Å². The Hall–Kier alpha value is -3.78. The van der Waals surface area contributed by atoms with E-state index in [9.17, 15) is 4.79 Å². The Balaban J connectivity index is 1.18. The van der Waals surface area contributed by atoms with Gasteiger partial charge in [-0.1, -0.05) is 30.8 Å². The molecule has 0 bridgehead atoms. The van der Waals surface area contributed by atoms with Crippen LogP contribution in [0.25, 0.3) is 0 Å². The van der Waals surface area contributed by atoms with Crippen molar-refractivity contribution in [3.8, 4) is 5.75 Å². The van der Waals surface area contributed by atoms with E-state index >= 15 is 0 Å². The van der Waals surface area contributed by atoms with Crippen molar-refractivity contribution >= 4 is 11.7 Å². The summed E-state index contributed by atoms with van der Waals surface area (Å²) in [5.74, 6) is 0.795. The molecule has 1 saturated heterocycles. The number of rotatable bonds is 9. The SMILES string of the molecule is C=C(Cc1ccc(NC(=O)NCc2ccc(OC)cc2)cc1)N1CCN(Cc2cn[nH]c2)CC1. The highest BCUT2D eigenvalue weighted by molar-refractivity contribution is 5.89. The molecule has 3 N–H and O–H groups in total. The van der Waals surface area contributed by atoms with E-state index in [4.69, 9.17) is 4.74 Å². The molecule has 1 fully saturated rings. The second-order valence-corrected chi connectivity index (χ2v) is 8.47. The monoisotopic (exact) mass is 460 g/mol. The topological polar surface area (TPSA) is 85.5 Å². The molecular formula is C26H32N6O2. The van der Waals surface area contributed by atoms with Crippen LogP contribution in [0, 0.1) is 0 Å². The van der Waals surface area contributed by atoms with Gasteiger partial charge in [0.05, 0.1) is 13.3 Å². The first kappa shape index (κ1) is 23.4. The number of hydrogen-bond donors (Lipinski definition) is 3. The van der Waals surface area contributed by atoms with Crippen LogP contribution in [0.4, 0.5) is 10.5 Å². The highest BCUT2D eigenvalue weighted by Gasteiger charge is 2.18. The minimum atomic E-state index is -0.235. The van der Waals surface area contributed by atoms with Gasteiger partial charge in [0.15, 0.2) is 0 Å². The molecule has 0 unspecified atom stereocenters. The first-order valence-corrected chi connectivity index (χ1v) is 11.5. The Morgan fingerprint density at radius 1 is 1.03 bits per heavy atom. The van der Waals surface area contributed by atoms with E-state index in [0.717, 1.165) is 61.8 Å². The van der Waals surface area contributed by atoms with Crippen LogP contribution in [0.2, 0.25) is 0 Å². The first-order chi connectivity index (χ1) is 16.6. The van der Waals surface area contributed by atoms with Crippen molar-refractivity contribution in [1.82, 2.24) is 25.3 Å². The van der Waals surface area contributed by atoms with Gasteiger partial charge in [0.1, 0.15) is 5.75 Å². The van der Waals surface area contributed by atoms with Gasteiger partial charge < -0.3 is 20.3 Å². The number of urea groups is 1. The van der Waals surface area contributed by atoms with E-state index in [0.29, 0.717) is 6.54 Å². The van der Waals surface area contributed by atoms with Crippen LogP contribution >= 0.6 is 0 Å². The van der Waals surface area contributed by atoms with Gasteiger partial charge in [-0.05, 0) is 35.4 Å². The molecule has 0 saturated carbocycles. The predicted molar refractivity (Wildman–Crippen MR) is 134 cm³/mol. The summed E-state index contributed by atoms with van der Waals surface area (Å²) in [6.07, 6.45) is 4.63. The summed E-state index contributed by atoms with van der Waals surface area (Å²) in [5, 5.41) is 12.6. The lowest BCUT2D eigenvalue weighted by molar-refractivity contribution is 0.151. The van der Waals surface area contributed by atoms with E-state index in [1.165, 1.54) is 11.1 Å². The Morgan fingerprint density at radius 3 is 2.38 bits per heavy atom. The molecule has 2 heterocycles. The second kappa shape index (κ2) is 11.4. The summed E-state index contributed by atoms with van der Waals surface area (Å²) in [5.41, 5.74) is 5.29. The number of ether oxygens (including phenoxy) is 1. The number of benzene rings is 2. The van der Waals surface area contributed by atoms with E-state index < -0.39 is 0 Å². The maximum absolute atomic E-state index is 12.2. The van der Waals surface area contributed by atoms with Gasteiger partial charge in [-0.3, -0.25) is 10.00 Å². The molecule has 2 aromatic carbocycles. The highest BCUT2D eigenvalue weighted by Crippen LogP contribution is 2.17. The zero-order valence-corrected chi connectivity index (χ0v) is 19.6. The van der Waals surface area contributed by atoms with Crippen LogP contribution in [0.1, 0.15) is 16.7 Å². The number of aromatic amines is 1. The van der Waals surface area contributed by atoms with Crippen molar-refractivity contribution in [2.24, 2.45) is 0 Å². The summed E-state index contributed by atoms with van der Waals surface area (Å²) < 4.78 is 5.15. The first-order valence-electron chi connectivity index (χ1n) is 11.5. The highest BCUT2D eigenvalue weighted by atomic mass is 16.5. The molecule has 3 aromatic rings. The lowest BCUT2D eigenvalue weighted by atomic mass is 10.1. The van der Waals surface area contributed by atoms with Crippen LogP contribution < -0.4 is 15.4 Å². The van der Waals surface area contributed by atoms with Crippen LogP contribution in [0.3, 0.4) is 0 Å². The number of nitrogens with zero attached hydrogens (tertiary/aromatic N) is 3. The zero-order valence-electron chi connectivity index (χ0n) is 19.6. The van der Waals surface area contributed by atoms with Gasteiger partial charge in [-0.15, -0.1) is 0 Å². The molecule has 8 nitrogen and oxygen atoms in total. The van der Waals surface area contributed by atoms with E-state index in [1.807, 2.05) is 60.9 Å². The number of anilines is 1. The van der Waals surface area contributed by atoms with Gasteiger partial charge in [0.25, 0.3) is 0 Å². The number of allylic oxidation sites excluding steroid dienone is 1. The van der Waals surface area contributed by atoms with Gasteiger partial charge >= 0.3 is 6.03 Å². The summed E-state index contributed by atoms with van der Waals surface area (Å²) in [4.78, 5) is 17.0. The van der Waals surface area contributed by atoms with Gasteiger partial charge in [-0.2, -0.15) is 5.10 Å². The molecule has 34 heavy (non-hydrogen) atoms. The smallest absolute Gasteiger partial charge is 0.319 e. The van der Waals surface area contributed by atoms with Crippen LogP contribution in [-0.4, -0.2) is 59.3 Å². The third-order valence-electron chi connectivity index (χ3n) is 6.01. The molecule has 0 atom stereocenters. The molecule has 0 spiro atoms. The molecule has 1 aromatic heterocycles. The molecule has 1 aliphatic rings. The molecule has 4 rings (SSSR count). The maximum atomic E-state index is 12.2. The standard InChI is InChI=1S/C26H32N6O2/c1-20(32-13-11-31(12-14-32)19-23-17-28-29-18-23)15-21-3-7-24(8-4-21)30-26(33)27-16-22-5-9-25(34-2)10-6-22/h3-10,17-18H,1,11-16,19H2,2H3,(H,28,29)(H2,27,30,33). The number of nitrogens with one attached hydrogen (secondary N) is 3. The fraction of sp³-hybridized carbons (Fsp3) is 0.308. The van der Waals surface area contributed by atoms with Crippen LogP contribution in [0.15, 0.2) is 73.2 Å². The average molecular weight is 461 g/mol. The largest absolute Gasteiger partial charge is 0.497 e. The molecular weight excluding hydrogens is 428 g/mol. The third-order valence-corrected chi connectivity index (χ3v) is 6.01. The van der Waals surface area contributed by atoms with E-state index in [2.05, 4.69) is 37.2 Å². The lowest BCUT2D eigenvalue weighted by Gasteiger charge is -2.37. The summed E-state index contributed by atoms with van der Waals surface area (Å²) >= 11 is 0. The molecule has 2 amide bonds. The third kappa shape index (κ3) is 6.62. The summed E-state index contributed by atoms with van der Waals surface area (Å²) in [7, 11) is 1.63. The average Bonchev–Trinajstić information content (AvgIpc) is 3.38. The van der Waals surface area contributed by atoms with Crippen molar-refractivity contribution in [2.45, 2.75) is 19.5 Å². The Bertz CT molecular complexity index is 1060. The molecule has 0 aliphatic carbocycles. The number of carbonyl (C=O) groups is 1. The van der Waals surface area contributed by atoms with Crippen molar-refractivity contribution in [1.29, 1.82) is 0 Å². The van der Waals surface area contributed by atoms with Crippen molar-refractivity contribution < 1.29 is 9.53 Å². The number of piperazine rings is 1. The van der Waals surface area contributed by atoms with Crippen molar-refractivity contribution in [3.05, 3.63) is 89.9 Å². The van der Waals surface area contributed by atoms with Crippen molar-refractivity contribution in [3.63, 3.8) is 0 Å². The van der Waals surface area contributed by atoms with Crippen molar-refractivity contribution in [2.75, 3.05) is 38.6 Å². The fourth-order valence-corrected chi connectivity index (χ4v) is 4.00. The van der Waals surface area contributed by atoms with Gasteiger partial charge in [0, 0.05) is 68.8 Å². The normalized spacial score (nSPS) is 14.0. The number of H-pyrrole nitrogens is 1.